The molecule has 0 spiro atoms. The molecule has 0 unspecified atom stereocenters. The summed E-state index contributed by atoms with van der Waals surface area (Å²) in [6.07, 6.45) is 7.35. The molecule has 19 heavy (non-hydrogen) atoms. The maximum Gasteiger partial charge on any atom is 0.308 e. The zero-order valence-electron chi connectivity index (χ0n) is 10.7. The van der Waals surface area contributed by atoms with E-state index in [1.54, 1.807) is 18.3 Å². The molecule has 5 heteroatoms. The van der Waals surface area contributed by atoms with E-state index in [4.69, 9.17) is 0 Å². The predicted octanol–water partition coefficient (Wildman–Crippen LogP) is 1.84. The molecule has 1 amide bonds. The van der Waals surface area contributed by atoms with Gasteiger partial charge in [0.2, 0.25) is 0 Å². The van der Waals surface area contributed by atoms with Crippen LogP contribution in [-0.2, 0) is 4.79 Å². The van der Waals surface area contributed by atoms with Crippen molar-refractivity contribution in [2.75, 3.05) is 0 Å². The van der Waals surface area contributed by atoms with Crippen molar-refractivity contribution in [2.45, 2.75) is 38.1 Å². The number of pyridine rings is 1. The Morgan fingerprint density at radius 3 is 2.74 bits per heavy atom. The highest BCUT2D eigenvalue weighted by Gasteiger charge is 2.30. The third kappa shape index (κ3) is 3.53. The second-order valence-electron chi connectivity index (χ2n) is 4.90. The maximum atomic E-state index is 12.0. The zero-order chi connectivity index (χ0) is 13.7. The Kier molecular flexibility index (Phi) is 4.49. The molecule has 1 aromatic rings. The number of carbonyl (C=O) groups excluding carboxylic acids is 1. The molecule has 0 aliphatic heterocycles. The van der Waals surface area contributed by atoms with Crippen LogP contribution in [0.25, 0.3) is 0 Å². The third-order valence-corrected chi connectivity index (χ3v) is 3.57. The second-order valence-corrected chi connectivity index (χ2v) is 4.90. The van der Waals surface area contributed by atoms with Gasteiger partial charge in [-0.1, -0.05) is 19.3 Å². The number of carboxylic acids is 1. The fourth-order valence-electron chi connectivity index (χ4n) is 2.52. The highest BCUT2D eigenvalue weighted by molar-refractivity contribution is 5.94. The van der Waals surface area contributed by atoms with Gasteiger partial charge in [-0.05, 0) is 25.0 Å². The first-order valence-corrected chi connectivity index (χ1v) is 6.62. The minimum Gasteiger partial charge on any atom is -0.481 e. The fourth-order valence-corrected chi connectivity index (χ4v) is 2.52. The van der Waals surface area contributed by atoms with Gasteiger partial charge >= 0.3 is 5.97 Å². The van der Waals surface area contributed by atoms with E-state index in [9.17, 15) is 14.7 Å². The number of hydrogen-bond acceptors (Lipinski definition) is 3. The van der Waals surface area contributed by atoms with Gasteiger partial charge in [0.25, 0.3) is 5.91 Å². The van der Waals surface area contributed by atoms with Crippen molar-refractivity contribution >= 4 is 11.9 Å². The van der Waals surface area contributed by atoms with Crippen molar-refractivity contribution < 1.29 is 14.7 Å². The maximum absolute atomic E-state index is 12.0. The van der Waals surface area contributed by atoms with Crippen LogP contribution < -0.4 is 5.32 Å². The van der Waals surface area contributed by atoms with Crippen LogP contribution in [0.15, 0.2) is 24.5 Å². The lowest BCUT2D eigenvalue weighted by Gasteiger charge is -2.22. The van der Waals surface area contributed by atoms with E-state index in [0.29, 0.717) is 12.0 Å². The molecule has 0 saturated heterocycles. The Hall–Kier alpha value is -1.91. The van der Waals surface area contributed by atoms with E-state index in [-0.39, 0.29) is 11.9 Å². The average molecular weight is 262 g/mol. The van der Waals surface area contributed by atoms with Gasteiger partial charge in [0.15, 0.2) is 0 Å². The number of nitrogens with one attached hydrogen (secondary N) is 1. The number of hydrogen-bond donors (Lipinski definition) is 2. The van der Waals surface area contributed by atoms with Crippen LogP contribution in [0.4, 0.5) is 0 Å². The quantitative estimate of drug-likeness (QED) is 0.815. The van der Waals surface area contributed by atoms with Gasteiger partial charge in [-0.25, -0.2) is 0 Å². The summed E-state index contributed by atoms with van der Waals surface area (Å²) in [5, 5.41) is 12.1. The standard InChI is InChI=1S/C14H18N2O3/c17-13(10-5-4-8-15-9-10)16-12-7-3-1-2-6-11(12)14(18)19/h4-5,8-9,11-12H,1-3,6-7H2,(H,16,17)(H,18,19)/t11-,12+/m0/s1. The van der Waals surface area contributed by atoms with Crippen LogP contribution in [0.5, 0.6) is 0 Å². The van der Waals surface area contributed by atoms with E-state index in [0.717, 1.165) is 25.7 Å². The van der Waals surface area contributed by atoms with Crippen molar-refractivity contribution in [3.05, 3.63) is 30.1 Å². The summed E-state index contributed by atoms with van der Waals surface area (Å²) in [5.74, 6) is -1.55. The molecule has 5 nitrogen and oxygen atoms in total. The first-order chi connectivity index (χ1) is 9.18. The molecule has 0 bridgehead atoms. The van der Waals surface area contributed by atoms with Gasteiger partial charge in [-0.2, -0.15) is 0 Å². The van der Waals surface area contributed by atoms with Gasteiger partial charge in [0, 0.05) is 18.4 Å². The van der Waals surface area contributed by atoms with Crippen LogP contribution in [0.2, 0.25) is 0 Å². The average Bonchev–Trinajstić information content (AvgIpc) is 2.65. The van der Waals surface area contributed by atoms with Crippen molar-refractivity contribution in [3.8, 4) is 0 Å². The highest BCUT2D eigenvalue weighted by atomic mass is 16.4. The lowest BCUT2D eigenvalue weighted by molar-refractivity contribution is -0.142. The highest BCUT2D eigenvalue weighted by Crippen LogP contribution is 2.24. The van der Waals surface area contributed by atoms with Crippen LogP contribution in [0.1, 0.15) is 42.5 Å². The minimum atomic E-state index is -0.821. The van der Waals surface area contributed by atoms with E-state index < -0.39 is 11.9 Å². The van der Waals surface area contributed by atoms with Crippen molar-refractivity contribution in [2.24, 2.45) is 5.92 Å². The SMILES string of the molecule is O=C(N[C@@H]1CCCCC[C@@H]1C(=O)O)c1cccnc1. The summed E-state index contributed by atoms with van der Waals surface area (Å²) in [6.45, 7) is 0. The Morgan fingerprint density at radius 1 is 1.26 bits per heavy atom. The Labute approximate surface area is 112 Å². The molecule has 1 saturated carbocycles. The first kappa shape index (κ1) is 13.5. The molecule has 1 aliphatic carbocycles. The van der Waals surface area contributed by atoms with E-state index in [1.165, 1.54) is 6.20 Å². The molecule has 1 aromatic heterocycles. The van der Waals surface area contributed by atoms with Gasteiger partial charge < -0.3 is 10.4 Å². The van der Waals surface area contributed by atoms with E-state index >= 15 is 0 Å². The molecule has 0 aromatic carbocycles. The smallest absolute Gasteiger partial charge is 0.308 e. The fraction of sp³-hybridized carbons (Fsp3) is 0.500. The summed E-state index contributed by atoms with van der Waals surface area (Å²) < 4.78 is 0. The summed E-state index contributed by atoms with van der Waals surface area (Å²) in [6, 6.07) is 3.08. The molecule has 1 heterocycles. The molecular formula is C14H18N2O3. The Bertz CT molecular complexity index is 447. The molecule has 102 valence electrons. The molecule has 2 atom stereocenters. The van der Waals surface area contributed by atoms with Crippen molar-refractivity contribution in [1.29, 1.82) is 0 Å². The first-order valence-electron chi connectivity index (χ1n) is 6.62. The van der Waals surface area contributed by atoms with Crippen molar-refractivity contribution in [3.63, 3.8) is 0 Å². The molecule has 2 rings (SSSR count). The van der Waals surface area contributed by atoms with Crippen molar-refractivity contribution in [1.82, 2.24) is 10.3 Å². The van der Waals surface area contributed by atoms with Gasteiger partial charge in [-0.3, -0.25) is 14.6 Å². The van der Waals surface area contributed by atoms with Gasteiger partial charge in [0.1, 0.15) is 0 Å². The molecular weight excluding hydrogens is 244 g/mol. The number of carbonyl (C=O) groups is 2. The molecule has 1 fully saturated rings. The summed E-state index contributed by atoms with van der Waals surface area (Å²) in [5.41, 5.74) is 0.468. The molecule has 1 aliphatic rings. The lowest BCUT2D eigenvalue weighted by atomic mass is 9.94. The topological polar surface area (TPSA) is 79.3 Å². The number of rotatable bonds is 3. The van der Waals surface area contributed by atoms with Crippen LogP contribution in [0, 0.1) is 5.92 Å². The Morgan fingerprint density at radius 2 is 2.05 bits per heavy atom. The summed E-state index contributed by atoms with van der Waals surface area (Å²) in [4.78, 5) is 27.2. The number of amides is 1. The second kappa shape index (κ2) is 6.31. The van der Waals surface area contributed by atoms with Crippen LogP contribution in [0.3, 0.4) is 0 Å². The number of aromatic nitrogens is 1. The Balaban J connectivity index is 2.06. The minimum absolute atomic E-state index is 0.244. The lowest BCUT2D eigenvalue weighted by Crippen LogP contribution is -2.42. The monoisotopic (exact) mass is 262 g/mol. The molecule has 0 radical (unpaired) electrons. The van der Waals surface area contributed by atoms with Gasteiger partial charge in [-0.15, -0.1) is 0 Å². The molecule has 2 N–H and O–H groups in total. The van der Waals surface area contributed by atoms with Crippen LogP contribution in [-0.4, -0.2) is 28.0 Å². The van der Waals surface area contributed by atoms with Crippen LogP contribution >= 0.6 is 0 Å². The largest absolute Gasteiger partial charge is 0.481 e. The number of carboxylic acid groups (broad SMARTS) is 1. The number of nitrogens with zero attached hydrogens (tertiary/aromatic N) is 1. The summed E-state index contributed by atoms with van der Waals surface area (Å²) >= 11 is 0. The number of aliphatic carboxylic acids is 1. The van der Waals surface area contributed by atoms with E-state index in [1.807, 2.05) is 0 Å². The third-order valence-electron chi connectivity index (χ3n) is 3.57. The van der Waals surface area contributed by atoms with Gasteiger partial charge in [0.05, 0.1) is 11.5 Å². The van der Waals surface area contributed by atoms with E-state index in [2.05, 4.69) is 10.3 Å². The zero-order valence-corrected chi connectivity index (χ0v) is 10.7. The summed E-state index contributed by atoms with van der Waals surface area (Å²) in [7, 11) is 0. The normalized spacial score (nSPS) is 23.4. The predicted molar refractivity (Wildman–Crippen MR) is 69.7 cm³/mol.